The van der Waals surface area contributed by atoms with E-state index in [4.69, 9.17) is 0 Å². The van der Waals surface area contributed by atoms with E-state index in [2.05, 4.69) is 17.1 Å². The van der Waals surface area contributed by atoms with Gasteiger partial charge in [-0.3, -0.25) is 9.69 Å². The van der Waals surface area contributed by atoms with Crippen molar-refractivity contribution in [2.45, 2.75) is 11.4 Å². The summed E-state index contributed by atoms with van der Waals surface area (Å²) in [5.41, 5.74) is 1.76. The predicted molar refractivity (Wildman–Crippen MR) is 139 cm³/mol. The van der Waals surface area contributed by atoms with Gasteiger partial charge in [0.25, 0.3) is 0 Å². The Kier molecular flexibility index (Phi) is 8.64. The van der Waals surface area contributed by atoms with Gasteiger partial charge in [-0.1, -0.05) is 72.8 Å². The van der Waals surface area contributed by atoms with Crippen molar-refractivity contribution in [2.24, 2.45) is 0 Å². The number of sulfonamides is 1. The normalized spacial score (nSPS) is 15.0. The van der Waals surface area contributed by atoms with E-state index >= 15 is 0 Å². The van der Waals surface area contributed by atoms with Gasteiger partial charge in [-0.05, 0) is 35.4 Å². The van der Waals surface area contributed by atoms with Gasteiger partial charge in [-0.25, -0.2) is 12.8 Å². The van der Waals surface area contributed by atoms with Crippen LogP contribution in [0.1, 0.15) is 11.1 Å². The Morgan fingerprint density at radius 3 is 2.11 bits per heavy atom. The Morgan fingerprint density at radius 2 is 1.47 bits per heavy atom. The molecule has 0 spiro atoms. The molecule has 1 aliphatic heterocycles. The van der Waals surface area contributed by atoms with Crippen LogP contribution in [0.15, 0.2) is 95.9 Å². The lowest BCUT2D eigenvalue weighted by Crippen LogP contribution is -2.51. The van der Waals surface area contributed by atoms with Crippen LogP contribution in [-0.2, 0) is 21.4 Å². The van der Waals surface area contributed by atoms with Gasteiger partial charge in [0.05, 0.1) is 11.4 Å². The number of hydrogen-bond donors (Lipinski definition) is 0. The van der Waals surface area contributed by atoms with Crippen LogP contribution in [0.4, 0.5) is 4.39 Å². The van der Waals surface area contributed by atoms with Gasteiger partial charge >= 0.3 is 0 Å². The maximum atomic E-state index is 13.4. The van der Waals surface area contributed by atoms with Crippen molar-refractivity contribution in [3.8, 4) is 0 Å². The summed E-state index contributed by atoms with van der Waals surface area (Å²) in [5.74, 6) is -0.639. The highest BCUT2D eigenvalue weighted by atomic mass is 32.2. The van der Waals surface area contributed by atoms with Gasteiger partial charge in [-0.2, -0.15) is 4.31 Å². The minimum Gasteiger partial charge on any atom is -0.339 e. The van der Waals surface area contributed by atoms with Crippen LogP contribution in [0.3, 0.4) is 0 Å². The molecule has 0 bridgehead atoms. The molecule has 3 aromatic rings. The molecule has 188 valence electrons. The standard InChI is InChI=1S/C28H30FN3O3S/c29-26-15-13-25(14-16-26)22-32(36(34,35)27-11-5-2-6-12-27)23-28(33)31-20-18-30(19-21-31)17-7-10-24-8-3-1-4-9-24/h1-16H,17-23H2/b10-7+. The van der Waals surface area contributed by atoms with Crippen molar-refractivity contribution in [2.75, 3.05) is 39.3 Å². The van der Waals surface area contributed by atoms with Gasteiger partial charge in [0.2, 0.25) is 15.9 Å². The van der Waals surface area contributed by atoms with Gasteiger partial charge in [0.1, 0.15) is 5.82 Å². The second-order valence-electron chi connectivity index (χ2n) is 8.71. The van der Waals surface area contributed by atoms with Crippen molar-refractivity contribution in [1.82, 2.24) is 14.1 Å². The molecular formula is C28H30FN3O3S. The monoisotopic (exact) mass is 507 g/mol. The number of nitrogens with zero attached hydrogens (tertiary/aromatic N) is 3. The summed E-state index contributed by atoms with van der Waals surface area (Å²) in [5, 5.41) is 0. The smallest absolute Gasteiger partial charge is 0.243 e. The number of halogens is 1. The maximum Gasteiger partial charge on any atom is 0.243 e. The third kappa shape index (κ3) is 6.87. The first-order valence-electron chi connectivity index (χ1n) is 11.9. The summed E-state index contributed by atoms with van der Waals surface area (Å²) in [6.07, 6.45) is 4.20. The van der Waals surface area contributed by atoms with Crippen molar-refractivity contribution in [3.05, 3.63) is 108 Å². The summed E-state index contributed by atoms with van der Waals surface area (Å²) < 4.78 is 41.3. The minimum absolute atomic E-state index is 0.0203. The van der Waals surface area contributed by atoms with Crippen molar-refractivity contribution < 1.29 is 17.6 Å². The summed E-state index contributed by atoms with van der Waals surface area (Å²) >= 11 is 0. The zero-order chi connectivity index (χ0) is 25.4. The third-order valence-electron chi connectivity index (χ3n) is 6.16. The van der Waals surface area contributed by atoms with Gasteiger partial charge < -0.3 is 4.90 Å². The molecule has 1 saturated heterocycles. The molecule has 4 rings (SSSR count). The molecule has 3 aromatic carbocycles. The summed E-state index contributed by atoms with van der Waals surface area (Å²) in [6, 6.07) is 23.8. The fourth-order valence-corrected chi connectivity index (χ4v) is 5.49. The van der Waals surface area contributed by atoms with Crippen LogP contribution < -0.4 is 0 Å². The van der Waals surface area contributed by atoms with Crippen molar-refractivity contribution in [1.29, 1.82) is 0 Å². The number of piperazine rings is 1. The molecule has 1 amide bonds. The highest BCUT2D eigenvalue weighted by Gasteiger charge is 2.29. The molecule has 0 saturated carbocycles. The quantitative estimate of drug-likeness (QED) is 0.441. The first-order chi connectivity index (χ1) is 17.4. The fraction of sp³-hybridized carbons (Fsp3) is 0.250. The van der Waals surface area contributed by atoms with E-state index in [1.54, 1.807) is 23.1 Å². The topological polar surface area (TPSA) is 60.9 Å². The second-order valence-corrected chi connectivity index (χ2v) is 10.6. The Bertz CT molecular complexity index is 1260. The molecule has 1 heterocycles. The second kappa shape index (κ2) is 12.1. The van der Waals surface area contributed by atoms with E-state index in [1.807, 2.05) is 30.3 Å². The van der Waals surface area contributed by atoms with Crippen LogP contribution >= 0.6 is 0 Å². The first-order valence-corrected chi connectivity index (χ1v) is 13.4. The molecule has 0 radical (unpaired) electrons. The SMILES string of the molecule is O=C(CN(Cc1ccc(F)cc1)S(=O)(=O)c1ccccc1)N1CCN(C/C=C/c2ccccc2)CC1. The average Bonchev–Trinajstić information content (AvgIpc) is 2.91. The fourth-order valence-electron chi connectivity index (χ4n) is 4.09. The molecular weight excluding hydrogens is 477 g/mol. The molecule has 0 aliphatic carbocycles. The Hall–Kier alpha value is -3.33. The molecule has 1 aliphatic rings. The Morgan fingerprint density at radius 1 is 0.861 bits per heavy atom. The third-order valence-corrected chi connectivity index (χ3v) is 7.97. The van der Waals surface area contributed by atoms with Gasteiger partial charge in [-0.15, -0.1) is 0 Å². The molecule has 8 heteroatoms. The zero-order valence-electron chi connectivity index (χ0n) is 20.0. The molecule has 0 unspecified atom stereocenters. The Labute approximate surface area is 212 Å². The largest absolute Gasteiger partial charge is 0.339 e. The van der Waals surface area contributed by atoms with E-state index in [0.717, 1.165) is 12.1 Å². The lowest BCUT2D eigenvalue weighted by atomic mass is 10.2. The van der Waals surface area contributed by atoms with Crippen LogP contribution in [0.5, 0.6) is 0 Å². The number of benzene rings is 3. The highest BCUT2D eigenvalue weighted by molar-refractivity contribution is 7.89. The number of rotatable bonds is 9. The van der Waals surface area contributed by atoms with E-state index in [1.165, 1.54) is 40.7 Å². The van der Waals surface area contributed by atoms with Crippen molar-refractivity contribution in [3.63, 3.8) is 0 Å². The molecule has 0 N–H and O–H groups in total. The molecule has 0 aromatic heterocycles. The lowest BCUT2D eigenvalue weighted by Gasteiger charge is -2.35. The van der Waals surface area contributed by atoms with Crippen LogP contribution in [0.25, 0.3) is 6.08 Å². The van der Waals surface area contributed by atoms with Gasteiger partial charge in [0, 0.05) is 39.3 Å². The van der Waals surface area contributed by atoms with Gasteiger partial charge in [0.15, 0.2) is 0 Å². The molecule has 1 fully saturated rings. The van der Waals surface area contributed by atoms with E-state index in [-0.39, 0.29) is 23.9 Å². The number of carbonyl (C=O) groups is 1. The number of hydrogen-bond acceptors (Lipinski definition) is 4. The first kappa shape index (κ1) is 25.8. The number of amides is 1. The van der Waals surface area contributed by atoms with E-state index in [9.17, 15) is 17.6 Å². The molecule has 0 atom stereocenters. The Balaban J connectivity index is 1.39. The maximum absolute atomic E-state index is 13.4. The van der Waals surface area contributed by atoms with E-state index in [0.29, 0.717) is 31.7 Å². The summed E-state index contributed by atoms with van der Waals surface area (Å²) in [7, 11) is -3.92. The van der Waals surface area contributed by atoms with Crippen LogP contribution in [0, 0.1) is 5.82 Å². The van der Waals surface area contributed by atoms with Crippen LogP contribution in [-0.4, -0.2) is 67.7 Å². The molecule has 6 nitrogen and oxygen atoms in total. The lowest BCUT2D eigenvalue weighted by molar-refractivity contribution is -0.133. The number of carbonyl (C=O) groups excluding carboxylic acids is 1. The summed E-state index contributed by atoms with van der Waals surface area (Å²) in [4.78, 5) is 17.3. The van der Waals surface area contributed by atoms with Crippen molar-refractivity contribution >= 4 is 22.0 Å². The summed E-state index contributed by atoms with van der Waals surface area (Å²) in [6.45, 7) is 3.00. The zero-order valence-corrected chi connectivity index (χ0v) is 20.9. The predicted octanol–water partition coefficient (Wildman–Crippen LogP) is 3.87. The van der Waals surface area contributed by atoms with E-state index < -0.39 is 15.8 Å². The minimum atomic E-state index is -3.92. The van der Waals surface area contributed by atoms with Crippen LogP contribution in [0.2, 0.25) is 0 Å². The molecule has 36 heavy (non-hydrogen) atoms. The highest BCUT2D eigenvalue weighted by Crippen LogP contribution is 2.19. The average molecular weight is 508 g/mol.